The summed E-state index contributed by atoms with van der Waals surface area (Å²) in [6.07, 6.45) is 3.07. The molecule has 0 aliphatic carbocycles. The Kier molecular flexibility index (Phi) is 3.84. The molecule has 19 heavy (non-hydrogen) atoms. The van der Waals surface area contributed by atoms with Crippen LogP contribution >= 0.6 is 0 Å². The van der Waals surface area contributed by atoms with Crippen LogP contribution in [0.2, 0.25) is 0 Å². The number of nitrogen functional groups attached to an aromatic ring is 1. The number of nitrogens with two attached hydrogens (primary N) is 1. The molecule has 102 valence electrons. The summed E-state index contributed by atoms with van der Waals surface area (Å²) >= 11 is 0. The standard InChI is InChI=1S/C12H17N5O2/c1-3-17-11(4-9(2)15-17)8-19-12(18)7-16-6-10(13)5-14-16/h4-6H,3,7-8,13H2,1-2H3. The minimum Gasteiger partial charge on any atom is -0.458 e. The Morgan fingerprint density at radius 3 is 2.95 bits per heavy atom. The fourth-order valence-corrected chi connectivity index (χ4v) is 1.79. The Morgan fingerprint density at radius 2 is 2.32 bits per heavy atom. The van der Waals surface area contributed by atoms with Crippen LogP contribution in [0.3, 0.4) is 0 Å². The Labute approximate surface area is 111 Å². The van der Waals surface area contributed by atoms with Gasteiger partial charge in [-0.25, -0.2) is 0 Å². The predicted molar refractivity (Wildman–Crippen MR) is 69.1 cm³/mol. The van der Waals surface area contributed by atoms with Crippen molar-refractivity contribution in [2.45, 2.75) is 33.5 Å². The van der Waals surface area contributed by atoms with Crippen LogP contribution in [0.4, 0.5) is 5.69 Å². The highest BCUT2D eigenvalue weighted by atomic mass is 16.5. The first-order valence-electron chi connectivity index (χ1n) is 6.05. The van der Waals surface area contributed by atoms with Gasteiger partial charge in [0.05, 0.1) is 23.3 Å². The summed E-state index contributed by atoms with van der Waals surface area (Å²) in [5.41, 5.74) is 7.83. The number of rotatable bonds is 5. The molecule has 0 bridgehead atoms. The van der Waals surface area contributed by atoms with Gasteiger partial charge in [-0.2, -0.15) is 10.2 Å². The summed E-state index contributed by atoms with van der Waals surface area (Å²) in [5.74, 6) is -0.357. The van der Waals surface area contributed by atoms with Gasteiger partial charge >= 0.3 is 5.97 Å². The summed E-state index contributed by atoms with van der Waals surface area (Å²) in [4.78, 5) is 11.6. The topological polar surface area (TPSA) is 88.0 Å². The minimum atomic E-state index is -0.357. The zero-order valence-corrected chi connectivity index (χ0v) is 11.0. The zero-order valence-electron chi connectivity index (χ0n) is 11.0. The largest absolute Gasteiger partial charge is 0.458 e. The number of ether oxygens (including phenoxy) is 1. The molecule has 0 aliphatic rings. The second kappa shape index (κ2) is 5.55. The lowest BCUT2D eigenvalue weighted by atomic mass is 10.4. The average Bonchev–Trinajstić information content (AvgIpc) is 2.92. The fraction of sp³-hybridized carbons (Fsp3) is 0.417. The highest BCUT2D eigenvalue weighted by Crippen LogP contribution is 2.06. The molecule has 0 saturated heterocycles. The smallest absolute Gasteiger partial charge is 0.328 e. The summed E-state index contributed by atoms with van der Waals surface area (Å²) in [6.45, 7) is 4.91. The molecule has 0 aromatic carbocycles. The van der Waals surface area contributed by atoms with Crippen molar-refractivity contribution in [3.8, 4) is 0 Å². The van der Waals surface area contributed by atoms with Gasteiger partial charge in [-0.1, -0.05) is 0 Å². The number of esters is 1. The highest BCUT2D eigenvalue weighted by Gasteiger charge is 2.09. The molecule has 0 aliphatic heterocycles. The lowest BCUT2D eigenvalue weighted by molar-refractivity contribution is -0.146. The van der Waals surface area contributed by atoms with Crippen molar-refractivity contribution in [2.24, 2.45) is 0 Å². The second-order valence-electron chi connectivity index (χ2n) is 4.22. The molecule has 0 fully saturated rings. The first kappa shape index (κ1) is 13.1. The van der Waals surface area contributed by atoms with Gasteiger partial charge < -0.3 is 10.5 Å². The van der Waals surface area contributed by atoms with Crippen LogP contribution in [-0.4, -0.2) is 25.5 Å². The molecule has 7 heteroatoms. The van der Waals surface area contributed by atoms with E-state index >= 15 is 0 Å². The molecule has 0 unspecified atom stereocenters. The SMILES string of the molecule is CCn1nc(C)cc1COC(=O)Cn1cc(N)cn1. The summed E-state index contributed by atoms with van der Waals surface area (Å²) in [5, 5.41) is 8.21. The quantitative estimate of drug-likeness (QED) is 0.803. The minimum absolute atomic E-state index is 0.0520. The maximum Gasteiger partial charge on any atom is 0.328 e. The van der Waals surface area contributed by atoms with E-state index in [1.165, 1.54) is 10.9 Å². The number of aryl methyl sites for hydroxylation is 2. The summed E-state index contributed by atoms with van der Waals surface area (Å²) < 4.78 is 8.45. The Bertz CT molecular complexity index is 572. The van der Waals surface area contributed by atoms with Crippen molar-refractivity contribution in [3.63, 3.8) is 0 Å². The maximum absolute atomic E-state index is 11.6. The van der Waals surface area contributed by atoms with Crippen molar-refractivity contribution >= 4 is 11.7 Å². The molecule has 0 atom stereocenters. The third kappa shape index (κ3) is 3.34. The highest BCUT2D eigenvalue weighted by molar-refractivity contribution is 5.69. The zero-order chi connectivity index (χ0) is 13.8. The van der Waals surface area contributed by atoms with Crippen LogP contribution in [0.5, 0.6) is 0 Å². The van der Waals surface area contributed by atoms with Crippen molar-refractivity contribution in [3.05, 3.63) is 29.8 Å². The van der Waals surface area contributed by atoms with E-state index in [4.69, 9.17) is 10.5 Å². The van der Waals surface area contributed by atoms with Crippen LogP contribution in [0.15, 0.2) is 18.5 Å². The molecule has 2 N–H and O–H groups in total. The Morgan fingerprint density at radius 1 is 1.53 bits per heavy atom. The third-order valence-electron chi connectivity index (χ3n) is 2.61. The number of hydrogen-bond donors (Lipinski definition) is 1. The van der Waals surface area contributed by atoms with Gasteiger partial charge in [-0.05, 0) is 19.9 Å². The van der Waals surface area contributed by atoms with Crippen LogP contribution in [0.25, 0.3) is 0 Å². The van der Waals surface area contributed by atoms with E-state index in [0.29, 0.717) is 5.69 Å². The molecule has 2 aromatic rings. The molecule has 7 nitrogen and oxygen atoms in total. The number of carbonyl (C=O) groups is 1. The van der Waals surface area contributed by atoms with E-state index in [2.05, 4.69) is 10.2 Å². The van der Waals surface area contributed by atoms with Crippen molar-refractivity contribution in [2.75, 3.05) is 5.73 Å². The van der Waals surface area contributed by atoms with Gasteiger partial charge in [0.2, 0.25) is 0 Å². The van der Waals surface area contributed by atoms with Crippen LogP contribution in [-0.2, 0) is 29.2 Å². The van der Waals surface area contributed by atoms with Crippen molar-refractivity contribution in [1.82, 2.24) is 19.6 Å². The van der Waals surface area contributed by atoms with Crippen LogP contribution in [0.1, 0.15) is 18.3 Å². The lowest BCUT2D eigenvalue weighted by Crippen LogP contribution is -2.15. The van der Waals surface area contributed by atoms with Gasteiger partial charge in [0.15, 0.2) is 0 Å². The summed E-state index contributed by atoms with van der Waals surface area (Å²) in [6, 6.07) is 1.91. The van der Waals surface area contributed by atoms with Crippen molar-refractivity contribution < 1.29 is 9.53 Å². The number of nitrogens with zero attached hydrogens (tertiary/aromatic N) is 4. The van der Waals surface area contributed by atoms with Crippen LogP contribution in [0, 0.1) is 6.92 Å². The maximum atomic E-state index is 11.6. The molecular weight excluding hydrogens is 246 g/mol. The van der Waals surface area contributed by atoms with Gasteiger partial charge in [-0.15, -0.1) is 0 Å². The first-order chi connectivity index (χ1) is 9.08. The summed E-state index contributed by atoms with van der Waals surface area (Å²) in [7, 11) is 0. The molecular formula is C12H17N5O2. The van der Waals surface area contributed by atoms with E-state index in [1.54, 1.807) is 6.20 Å². The van der Waals surface area contributed by atoms with Gasteiger partial charge in [0.25, 0.3) is 0 Å². The second-order valence-corrected chi connectivity index (χ2v) is 4.22. The molecule has 2 heterocycles. The number of aromatic nitrogens is 4. The van der Waals surface area contributed by atoms with Crippen LogP contribution < -0.4 is 5.73 Å². The lowest BCUT2D eigenvalue weighted by Gasteiger charge is -2.06. The molecule has 0 amide bonds. The Hall–Kier alpha value is -2.31. The fourth-order valence-electron chi connectivity index (χ4n) is 1.79. The first-order valence-corrected chi connectivity index (χ1v) is 6.05. The molecule has 2 aromatic heterocycles. The van der Waals surface area contributed by atoms with Gasteiger partial charge in [0, 0.05) is 12.7 Å². The molecule has 0 saturated carbocycles. The average molecular weight is 263 g/mol. The van der Waals surface area contributed by atoms with E-state index in [9.17, 15) is 4.79 Å². The van der Waals surface area contributed by atoms with Gasteiger partial charge in [0.1, 0.15) is 13.2 Å². The number of carbonyl (C=O) groups excluding carboxylic acids is 1. The van der Waals surface area contributed by atoms with Crippen molar-refractivity contribution in [1.29, 1.82) is 0 Å². The van der Waals surface area contributed by atoms with E-state index in [0.717, 1.165) is 17.9 Å². The van der Waals surface area contributed by atoms with E-state index in [-0.39, 0.29) is 19.1 Å². The third-order valence-corrected chi connectivity index (χ3v) is 2.61. The Balaban J connectivity index is 1.89. The van der Waals surface area contributed by atoms with E-state index in [1.807, 2.05) is 24.6 Å². The number of anilines is 1. The molecule has 0 radical (unpaired) electrons. The predicted octanol–water partition coefficient (Wildman–Crippen LogP) is 0.734. The number of hydrogen-bond acceptors (Lipinski definition) is 5. The monoisotopic (exact) mass is 263 g/mol. The normalized spacial score (nSPS) is 10.6. The molecule has 0 spiro atoms. The van der Waals surface area contributed by atoms with Gasteiger partial charge in [-0.3, -0.25) is 14.2 Å². The van der Waals surface area contributed by atoms with E-state index < -0.39 is 0 Å². The molecule has 2 rings (SSSR count).